The molecule has 0 bridgehead atoms. The number of hydrogen-bond acceptors (Lipinski definition) is 4. The van der Waals surface area contributed by atoms with Gasteiger partial charge in [0.2, 0.25) is 0 Å². The number of nitrogens with one attached hydrogen (secondary N) is 1. The van der Waals surface area contributed by atoms with Crippen molar-refractivity contribution in [3.63, 3.8) is 0 Å². The zero-order valence-electron chi connectivity index (χ0n) is 11.5. The number of rotatable bonds is 7. The van der Waals surface area contributed by atoms with Crippen LogP contribution in [0.25, 0.3) is 0 Å². The molecule has 0 spiro atoms. The van der Waals surface area contributed by atoms with Gasteiger partial charge in [-0.3, -0.25) is 0 Å². The molecule has 1 heterocycles. The zero-order chi connectivity index (χ0) is 13.5. The van der Waals surface area contributed by atoms with E-state index in [0.717, 1.165) is 31.2 Å². The van der Waals surface area contributed by atoms with Gasteiger partial charge in [0.1, 0.15) is 18.7 Å². The zero-order valence-corrected chi connectivity index (χ0v) is 11.5. The van der Waals surface area contributed by atoms with E-state index in [2.05, 4.69) is 34.5 Å². The highest BCUT2D eigenvalue weighted by atomic mass is 16.5. The van der Waals surface area contributed by atoms with Gasteiger partial charge >= 0.3 is 0 Å². The summed E-state index contributed by atoms with van der Waals surface area (Å²) in [6.07, 6.45) is 1.56. The number of ether oxygens (including phenoxy) is 1. The summed E-state index contributed by atoms with van der Waals surface area (Å²) in [4.78, 5) is 4.19. The van der Waals surface area contributed by atoms with E-state index in [9.17, 15) is 0 Å². The van der Waals surface area contributed by atoms with Crippen LogP contribution in [-0.4, -0.2) is 21.3 Å². The summed E-state index contributed by atoms with van der Waals surface area (Å²) in [5.74, 6) is 1.71. The van der Waals surface area contributed by atoms with Gasteiger partial charge in [-0.15, -0.1) is 0 Å². The Bertz CT molecular complexity index is 510. The number of aromatic nitrogens is 3. The van der Waals surface area contributed by atoms with Crippen LogP contribution in [0, 0.1) is 0 Å². The summed E-state index contributed by atoms with van der Waals surface area (Å²) in [5, 5.41) is 7.42. The van der Waals surface area contributed by atoms with E-state index >= 15 is 0 Å². The van der Waals surface area contributed by atoms with Gasteiger partial charge in [-0.2, -0.15) is 5.10 Å². The summed E-state index contributed by atoms with van der Waals surface area (Å²) < 4.78 is 7.60. The van der Waals surface area contributed by atoms with Crippen LogP contribution < -0.4 is 10.1 Å². The largest absolute Gasteiger partial charge is 0.486 e. The molecule has 1 N–H and O–H groups in total. The molecule has 0 amide bonds. The Morgan fingerprint density at radius 3 is 3.00 bits per heavy atom. The molecular formula is C14H20N4O. The van der Waals surface area contributed by atoms with Gasteiger partial charge in [0.25, 0.3) is 0 Å². The first-order chi connectivity index (χ1) is 9.33. The molecule has 0 radical (unpaired) electrons. The minimum absolute atomic E-state index is 0.443. The smallest absolute Gasteiger partial charge is 0.164 e. The number of benzene rings is 1. The van der Waals surface area contributed by atoms with Crippen molar-refractivity contribution in [2.24, 2.45) is 0 Å². The molecule has 0 aliphatic rings. The minimum Gasteiger partial charge on any atom is -0.486 e. The first kappa shape index (κ1) is 13.5. The van der Waals surface area contributed by atoms with E-state index in [0.29, 0.717) is 6.61 Å². The van der Waals surface area contributed by atoms with Gasteiger partial charge in [0.15, 0.2) is 5.82 Å². The topological polar surface area (TPSA) is 52.0 Å². The first-order valence-electron chi connectivity index (χ1n) is 6.62. The molecule has 1 aromatic heterocycles. The van der Waals surface area contributed by atoms with Crippen LogP contribution in [0.4, 0.5) is 0 Å². The van der Waals surface area contributed by atoms with Crippen molar-refractivity contribution < 1.29 is 4.74 Å². The fourth-order valence-electron chi connectivity index (χ4n) is 1.83. The third-order valence-corrected chi connectivity index (χ3v) is 2.84. The Morgan fingerprint density at radius 1 is 1.32 bits per heavy atom. The van der Waals surface area contributed by atoms with Gasteiger partial charge in [-0.05, 0) is 31.2 Å². The highest BCUT2D eigenvalue weighted by Crippen LogP contribution is 2.14. The van der Waals surface area contributed by atoms with Crippen molar-refractivity contribution in [1.29, 1.82) is 0 Å². The Balaban J connectivity index is 1.95. The van der Waals surface area contributed by atoms with Crippen molar-refractivity contribution in [2.75, 3.05) is 6.54 Å². The highest BCUT2D eigenvalue weighted by Gasteiger charge is 2.04. The van der Waals surface area contributed by atoms with Crippen LogP contribution in [0.1, 0.15) is 25.2 Å². The summed E-state index contributed by atoms with van der Waals surface area (Å²) >= 11 is 0. The van der Waals surface area contributed by atoms with Crippen LogP contribution in [0.2, 0.25) is 0 Å². The molecule has 0 saturated heterocycles. The van der Waals surface area contributed by atoms with E-state index in [1.165, 1.54) is 5.56 Å². The lowest BCUT2D eigenvalue weighted by molar-refractivity contribution is 0.287. The molecule has 102 valence electrons. The third-order valence-electron chi connectivity index (χ3n) is 2.84. The molecule has 0 aliphatic heterocycles. The summed E-state index contributed by atoms with van der Waals surface area (Å²) in [6.45, 7) is 7.20. The first-order valence-corrected chi connectivity index (χ1v) is 6.62. The van der Waals surface area contributed by atoms with Crippen molar-refractivity contribution in [2.45, 2.75) is 33.5 Å². The van der Waals surface area contributed by atoms with Crippen LogP contribution in [0.5, 0.6) is 5.75 Å². The highest BCUT2D eigenvalue weighted by molar-refractivity contribution is 5.28. The molecule has 1 aromatic carbocycles. The summed E-state index contributed by atoms with van der Waals surface area (Å²) in [5.41, 5.74) is 1.22. The molecule has 19 heavy (non-hydrogen) atoms. The second kappa shape index (κ2) is 6.89. The quantitative estimate of drug-likeness (QED) is 0.827. The van der Waals surface area contributed by atoms with Crippen molar-refractivity contribution >= 4 is 0 Å². The average molecular weight is 260 g/mol. The lowest BCUT2D eigenvalue weighted by Crippen LogP contribution is -2.11. The molecule has 0 unspecified atom stereocenters. The van der Waals surface area contributed by atoms with E-state index in [1.807, 2.05) is 23.7 Å². The van der Waals surface area contributed by atoms with E-state index in [4.69, 9.17) is 4.74 Å². The van der Waals surface area contributed by atoms with Crippen LogP contribution in [-0.2, 0) is 19.7 Å². The van der Waals surface area contributed by atoms with E-state index < -0.39 is 0 Å². The Morgan fingerprint density at radius 2 is 2.21 bits per heavy atom. The molecule has 5 nitrogen and oxygen atoms in total. The number of nitrogens with zero attached hydrogens (tertiary/aromatic N) is 3. The molecule has 0 atom stereocenters. The average Bonchev–Trinajstić information content (AvgIpc) is 2.91. The lowest BCUT2D eigenvalue weighted by Gasteiger charge is -2.08. The van der Waals surface area contributed by atoms with Gasteiger partial charge in [-0.25, -0.2) is 9.67 Å². The molecule has 2 rings (SSSR count). The van der Waals surface area contributed by atoms with Crippen LogP contribution in [0.3, 0.4) is 0 Å². The van der Waals surface area contributed by atoms with Crippen molar-refractivity contribution in [3.05, 3.63) is 42.0 Å². The second-order valence-electron chi connectivity index (χ2n) is 4.21. The van der Waals surface area contributed by atoms with E-state index in [1.54, 1.807) is 6.33 Å². The van der Waals surface area contributed by atoms with Crippen LogP contribution >= 0.6 is 0 Å². The van der Waals surface area contributed by atoms with Gasteiger partial charge in [-0.1, -0.05) is 19.1 Å². The maximum absolute atomic E-state index is 5.76. The molecule has 5 heteroatoms. The van der Waals surface area contributed by atoms with E-state index in [-0.39, 0.29) is 0 Å². The van der Waals surface area contributed by atoms with Gasteiger partial charge in [0.05, 0.1) is 0 Å². The predicted molar refractivity (Wildman–Crippen MR) is 73.9 cm³/mol. The van der Waals surface area contributed by atoms with Gasteiger partial charge < -0.3 is 10.1 Å². The molecular weight excluding hydrogens is 240 g/mol. The second-order valence-corrected chi connectivity index (χ2v) is 4.21. The minimum atomic E-state index is 0.443. The number of aryl methyl sites for hydroxylation is 1. The van der Waals surface area contributed by atoms with Crippen LogP contribution in [0.15, 0.2) is 30.6 Å². The fraction of sp³-hybridized carbons (Fsp3) is 0.429. The monoisotopic (exact) mass is 260 g/mol. The Hall–Kier alpha value is -1.88. The fourth-order valence-corrected chi connectivity index (χ4v) is 1.83. The maximum atomic E-state index is 5.76. The third kappa shape index (κ3) is 3.79. The maximum Gasteiger partial charge on any atom is 0.164 e. The SMILES string of the molecule is CCNCc1cccc(OCc2ncnn2CC)c1. The van der Waals surface area contributed by atoms with Crippen molar-refractivity contribution in [1.82, 2.24) is 20.1 Å². The van der Waals surface area contributed by atoms with Crippen molar-refractivity contribution in [3.8, 4) is 5.75 Å². The molecule has 0 saturated carbocycles. The Kier molecular flexibility index (Phi) is 4.92. The molecule has 0 aliphatic carbocycles. The normalized spacial score (nSPS) is 10.6. The summed E-state index contributed by atoms with van der Waals surface area (Å²) in [7, 11) is 0. The standard InChI is InChI=1S/C14H20N4O/c1-3-15-9-12-6-5-7-13(8-12)19-10-14-16-11-17-18(14)4-2/h5-8,11,15H,3-4,9-10H2,1-2H3. The molecule has 2 aromatic rings. The lowest BCUT2D eigenvalue weighted by atomic mass is 10.2. The summed E-state index contributed by atoms with van der Waals surface area (Å²) in [6, 6.07) is 8.11. The van der Waals surface area contributed by atoms with Gasteiger partial charge in [0, 0.05) is 13.1 Å². The molecule has 0 fully saturated rings. The predicted octanol–water partition coefficient (Wildman–Crippen LogP) is 1.99. The number of hydrogen-bond donors (Lipinski definition) is 1. The Labute approximate surface area is 113 Å².